The summed E-state index contributed by atoms with van der Waals surface area (Å²) in [5.74, 6) is -7.91. The van der Waals surface area contributed by atoms with Crippen LogP contribution in [0.4, 0.5) is 17.6 Å². The predicted octanol–water partition coefficient (Wildman–Crippen LogP) is 9.67. The molecule has 24 nitrogen and oxygen atoms in total. The van der Waals surface area contributed by atoms with Gasteiger partial charge in [-0.15, -0.1) is 0 Å². The van der Waals surface area contributed by atoms with Gasteiger partial charge in [-0.05, 0) is 85.1 Å². The van der Waals surface area contributed by atoms with E-state index in [1.807, 2.05) is 27.7 Å². The van der Waals surface area contributed by atoms with Crippen LogP contribution < -0.4 is 16.9 Å². The molecule has 0 bridgehead atoms. The maximum absolute atomic E-state index is 15.8. The molecule has 534 valence electrons. The zero-order valence-electron chi connectivity index (χ0n) is 53.6. The number of aromatic amines is 2. The normalized spacial score (nSPS) is 17.2. The summed E-state index contributed by atoms with van der Waals surface area (Å²) in [6.45, 7) is 6.15. The number of rotatable bonds is 16. The number of aromatic carboxylic acids is 2. The van der Waals surface area contributed by atoms with E-state index in [-0.39, 0.29) is 128 Å². The van der Waals surface area contributed by atoms with Crippen LogP contribution in [0.25, 0.3) is 55.0 Å². The number of alkyl halides is 2. The zero-order chi connectivity index (χ0) is 72.6. The topological polar surface area (TPSA) is 347 Å². The van der Waals surface area contributed by atoms with Crippen LogP contribution in [0.15, 0.2) is 114 Å². The van der Waals surface area contributed by atoms with E-state index in [1.165, 1.54) is 50.7 Å². The number of primary amides is 2. The molecule has 10 aromatic rings. The summed E-state index contributed by atoms with van der Waals surface area (Å²) < 4.78 is 75.8. The molecular weight excluding hydrogens is 1500 g/mol. The summed E-state index contributed by atoms with van der Waals surface area (Å²) in [6.07, 6.45) is -4.06. The van der Waals surface area contributed by atoms with Crippen LogP contribution in [0.3, 0.4) is 0 Å². The number of nitrogens with zero attached hydrogens (tertiary/aromatic N) is 8. The van der Waals surface area contributed by atoms with E-state index in [0.717, 1.165) is 4.90 Å². The number of amides is 4. The number of nitrogens with two attached hydrogens (primary N) is 2. The molecular formula is C67H64BBrCl2F4N12O12S3. The van der Waals surface area contributed by atoms with Gasteiger partial charge >= 0.3 is 19.1 Å². The van der Waals surface area contributed by atoms with Crippen molar-refractivity contribution in [3.05, 3.63) is 170 Å². The third-order valence-corrected chi connectivity index (χ3v) is 19.1. The number of hydrogen-bond donors (Lipinski definition) is 6. The van der Waals surface area contributed by atoms with Crippen LogP contribution in [0.1, 0.15) is 101 Å². The largest absolute Gasteiger partial charge is 0.497 e. The summed E-state index contributed by atoms with van der Waals surface area (Å²) in [5.41, 5.74) is 12.6. The van der Waals surface area contributed by atoms with Gasteiger partial charge in [-0.1, -0.05) is 109 Å². The van der Waals surface area contributed by atoms with Crippen LogP contribution in [0.2, 0.25) is 10.0 Å². The summed E-state index contributed by atoms with van der Waals surface area (Å²) in [4.78, 5) is 114. The number of imidazole rings is 2. The number of hydrogen-bond acceptors (Lipinski definition) is 16. The third-order valence-electron chi connectivity index (χ3n) is 17.5. The number of Topliss-reactive ketones (excluding diaryl/α,β-unsaturated/α-hetero) is 2. The molecule has 0 radical (unpaired) electrons. The lowest BCUT2D eigenvalue weighted by atomic mass is 9.77. The van der Waals surface area contributed by atoms with E-state index in [2.05, 4.69) is 68.4 Å². The minimum absolute atomic E-state index is 0. The standard InChI is InChI=1S/C30H23ClF2N6O5.C28H31BF2N4O5.C8H4BrClN2O2.CH4.S2.H2S/c31-24-16(8-9-19-27(24)36-29(35-19)30(43)44)17-6-3-4-14(25(17)33)10-22(40)21-11-15(32)12-38(21)23(41)13-39-20-7-2-1-5-18(20)26(37-39)28(34)42;1-27(2)28(3,4)40-29(39-27)19-10-7-8-16(24(19)31)12-22(36)21-13-17(30)14-34(21)23(37)15-35-20-11-6-5-9-18(20)25(33-35)26(32)38;9-3-1-2-4-6(5(3)10)12-7(11-4)8(13)14;;1-2;/h1-9,15,21H,10-13H2,(H2,34,42)(H,35,36)(H,43,44);5-11,17,21H,12-15H2,1-4H3,(H2,32,38);1-2H,(H,11,12)(H,13,14);1H4;;1H2/t15-,21+;17-,21+;;;;/m11..../s1. The summed E-state index contributed by atoms with van der Waals surface area (Å²) in [7, 11) is -0.950. The smallest absolute Gasteiger partial charge is 0.475 e. The molecule has 7 heterocycles. The first-order chi connectivity index (χ1) is 47.4. The van der Waals surface area contributed by atoms with Gasteiger partial charge in [0.1, 0.15) is 48.1 Å². The second-order valence-electron chi connectivity index (χ2n) is 24.4. The van der Waals surface area contributed by atoms with Crippen LogP contribution >= 0.6 is 52.6 Å². The van der Waals surface area contributed by atoms with Crippen molar-refractivity contribution in [1.82, 2.24) is 49.3 Å². The predicted molar refractivity (Wildman–Crippen MR) is 387 cm³/mol. The number of halogens is 7. The molecule has 102 heavy (non-hydrogen) atoms. The molecule has 4 amide bonds. The molecule has 3 saturated heterocycles. The number of likely N-dealkylation sites (tertiary alicyclic amines) is 2. The molecule has 0 aliphatic carbocycles. The number of para-hydroxylation sites is 2. The second-order valence-corrected chi connectivity index (χ2v) is 26.0. The van der Waals surface area contributed by atoms with Gasteiger partial charge in [-0.2, -0.15) is 23.7 Å². The molecule has 3 aliphatic rings. The Balaban J connectivity index is 0.000000210. The number of carboxylic acids is 2. The minimum Gasteiger partial charge on any atom is -0.475 e. The Kier molecular flexibility index (Phi) is 24.7. The fraction of sp³-hybridized carbons (Fsp3) is 0.284. The highest BCUT2D eigenvalue weighted by Crippen LogP contribution is 2.39. The Hall–Kier alpha value is -9.09. The van der Waals surface area contributed by atoms with E-state index in [1.54, 1.807) is 72.8 Å². The highest BCUT2D eigenvalue weighted by atomic mass is 79.9. The second kappa shape index (κ2) is 32.1. The van der Waals surface area contributed by atoms with Gasteiger partial charge < -0.3 is 50.8 Å². The highest BCUT2D eigenvalue weighted by Gasteiger charge is 2.53. The van der Waals surface area contributed by atoms with Crippen LogP contribution in [0, 0.1) is 11.6 Å². The van der Waals surface area contributed by atoms with Crippen LogP contribution in [0.5, 0.6) is 0 Å². The third kappa shape index (κ3) is 16.1. The number of nitrogens with one attached hydrogen (secondary N) is 2. The molecule has 3 aliphatic heterocycles. The minimum atomic E-state index is -1.46. The van der Waals surface area contributed by atoms with Crippen LogP contribution in [-0.4, -0.2) is 162 Å². The van der Waals surface area contributed by atoms with Crippen LogP contribution in [-0.2, 0) is 76.8 Å². The van der Waals surface area contributed by atoms with Gasteiger partial charge in [-0.3, -0.25) is 38.1 Å². The average molecular weight is 1560 g/mol. The Morgan fingerprint density at radius 2 is 1.04 bits per heavy atom. The van der Waals surface area contributed by atoms with Crippen molar-refractivity contribution in [3.63, 3.8) is 0 Å². The molecule has 0 spiro atoms. The van der Waals surface area contributed by atoms with Gasteiger partial charge in [0.15, 0.2) is 23.0 Å². The number of benzene rings is 6. The highest BCUT2D eigenvalue weighted by molar-refractivity contribution is 9.10. The van der Waals surface area contributed by atoms with Gasteiger partial charge in [0.05, 0.1) is 68.5 Å². The van der Waals surface area contributed by atoms with Gasteiger partial charge in [0.25, 0.3) is 11.8 Å². The number of carbonyl (C=O) groups excluding carboxylic acids is 6. The summed E-state index contributed by atoms with van der Waals surface area (Å²) in [6, 6.07) is 26.8. The first-order valence-electron chi connectivity index (χ1n) is 30.4. The average Bonchev–Trinajstić information content (AvgIpc) is 1.60. The number of aromatic nitrogens is 8. The van der Waals surface area contributed by atoms with Gasteiger partial charge in [0, 0.05) is 79.9 Å². The fourth-order valence-electron chi connectivity index (χ4n) is 11.9. The van der Waals surface area contributed by atoms with Crippen molar-refractivity contribution in [2.75, 3.05) is 13.1 Å². The maximum Gasteiger partial charge on any atom is 0.497 e. The van der Waals surface area contributed by atoms with Crippen molar-refractivity contribution < 1.29 is 75.4 Å². The van der Waals surface area contributed by atoms with E-state index in [4.69, 9.17) is 49.1 Å². The molecule has 0 saturated carbocycles. The first kappa shape index (κ1) is 78.6. The zero-order valence-corrected chi connectivity index (χ0v) is 59.3. The lowest BCUT2D eigenvalue weighted by molar-refractivity contribution is -0.138. The molecule has 6 aromatic carbocycles. The van der Waals surface area contributed by atoms with E-state index < -0.39 is 108 Å². The quantitative estimate of drug-likeness (QED) is 0.0387. The Morgan fingerprint density at radius 3 is 1.49 bits per heavy atom. The Labute approximate surface area is 614 Å². The van der Waals surface area contributed by atoms with E-state index in [0.29, 0.717) is 47.9 Å². The van der Waals surface area contributed by atoms with Crippen molar-refractivity contribution >= 4 is 179 Å². The number of ketones is 2. The van der Waals surface area contributed by atoms with Gasteiger partial charge in [-0.25, -0.2) is 37.1 Å². The lowest BCUT2D eigenvalue weighted by Gasteiger charge is -2.32. The Morgan fingerprint density at radius 1 is 0.618 bits per heavy atom. The number of fused-ring (bicyclic) bond motifs is 4. The number of H-pyrrole nitrogens is 2. The SMILES string of the molecule is C.CC1(C)OB(c2cccc(CC(=O)[C@@H]3C[C@@H](F)CN3C(=O)Cn3nc(C(N)=O)c4ccccc43)c2F)OC1(C)C.NC(=O)c1nn(CC(=O)N2C[C@H](F)C[C@H]2C(=O)Cc2cccc(-c3ccc4[nH]c(C(=O)O)nc4c3Cl)c2F)c2ccccc12.O=C(O)c1nc2c(Cl)c(Br)ccc2[nH]1.S.S=S. The fourth-order valence-corrected chi connectivity index (χ4v) is 12.8. The maximum atomic E-state index is 15.8. The van der Waals surface area contributed by atoms with Gasteiger partial charge in [0.2, 0.25) is 23.5 Å². The van der Waals surface area contributed by atoms with E-state index in [9.17, 15) is 52.2 Å². The van der Waals surface area contributed by atoms with E-state index >= 15 is 8.78 Å². The molecule has 3 fully saturated rings. The van der Waals surface area contributed by atoms with Crippen molar-refractivity contribution in [2.45, 2.75) is 110 Å². The Bertz CT molecular complexity index is 4950. The number of carboxylic acid groups (broad SMARTS) is 2. The van der Waals surface area contributed by atoms with Crippen molar-refractivity contribution in [2.24, 2.45) is 11.5 Å². The molecule has 8 N–H and O–H groups in total. The lowest BCUT2D eigenvalue weighted by Crippen LogP contribution is -2.43. The molecule has 4 atom stereocenters. The van der Waals surface area contributed by atoms with Crippen molar-refractivity contribution in [1.29, 1.82) is 0 Å². The molecule has 0 unspecified atom stereocenters. The van der Waals surface area contributed by atoms with Crippen molar-refractivity contribution in [3.8, 4) is 11.1 Å². The summed E-state index contributed by atoms with van der Waals surface area (Å²) >= 11 is 23.0. The molecule has 13 rings (SSSR count). The monoisotopic (exact) mass is 1560 g/mol. The molecule has 35 heteroatoms. The summed E-state index contributed by atoms with van der Waals surface area (Å²) in [5, 5.41) is 27.6. The first-order valence-corrected chi connectivity index (χ1v) is 33.3. The molecule has 4 aromatic heterocycles. The number of carbonyl (C=O) groups is 8.